The van der Waals surface area contributed by atoms with Gasteiger partial charge in [0.1, 0.15) is 6.10 Å². The van der Waals surface area contributed by atoms with E-state index in [0.717, 1.165) is 6.42 Å². The highest BCUT2D eigenvalue weighted by Crippen LogP contribution is 2.53. The van der Waals surface area contributed by atoms with Crippen molar-refractivity contribution >= 4 is 5.97 Å². The fraction of sp³-hybridized carbons (Fsp3) is 0.875. The van der Waals surface area contributed by atoms with Gasteiger partial charge in [-0.25, -0.2) is 0 Å². The Balaban J connectivity index is 1.92. The molecule has 0 amide bonds. The van der Waals surface area contributed by atoms with Crippen LogP contribution in [0.5, 0.6) is 0 Å². The summed E-state index contributed by atoms with van der Waals surface area (Å²) in [6, 6.07) is 0. The summed E-state index contributed by atoms with van der Waals surface area (Å²) in [5.74, 6) is 0.669. The zero-order chi connectivity index (χ0) is 8.01. The molecule has 2 rings (SSSR count). The lowest BCUT2D eigenvalue weighted by Crippen LogP contribution is -2.18. The van der Waals surface area contributed by atoms with Crippen molar-refractivity contribution in [1.29, 1.82) is 0 Å². The molecule has 0 spiro atoms. The third-order valence-corrected chi connectivity index (χ3v) is 2.65. The molecule has 0 aromatic heterocycles. The summed E-state index contributed by atoms with van der Waals surface area (Å²) >= 11 is 0. The Bertz CT molecular complexity index is 190. The summed E-state index contributed by atoms with van der Waals surface area (Å²) in [5.41, 5.74) is 0. The molecule has 0 aromatic carbocycles. The second kappa shape index (κ2) is 2.21. The Morgan fingerprint density at radius 3 is 2.55 bits per heavy atom. The first-order chi connectivity index (χ1) is 5.18. The standard InChI is InChI=1S/C8H12O3/c1-4(9)11-8-3-7(10)5-2-6(5)8/h5-8,10H,2-3H2,1H3/t5-,6+,7-,8+/m0/s1. The van der Waals surface area contributed by atoms with Crippen LogP contribution in [0, 0.1) is 11.8 Å². The van der Waals surface area contributed by atoms with Crippen molar-refractivity contribution in [3.8, 4) is 0 Å². The molecule has 2 saturated carbocycles. The van der Waals surface area contributed by atoms with Gasteiger partial charge >= 0.3 is 5.97 Å². The van der Waals surface area contributed by atoms with Gasteiger partial charge in [-0.3, -0.25) is 4.79 Å². The van der Waals surface area contributed by atoms with Crippen molar-refractivity contribution in [3.05, 3.63) is 0 Å². The Kier molecular flexibility index (Phi) is 1.42. The number of carbonyl (C=O) groups is 1. The summed E-state index contributed by atoms with van der Waals surface area (Å²) in [6.45, 7) is 1.42. The third kappa shape index (κ3) is 1.13. The molecule has 0 heterocycles. The monoisotopic (exact) mass is 156 g/mol. The SMILES string of the molecule is CC(=O)O[C@@H]1C[C@H](O)[C@H]2C[C@H]21. The van der Waals surface area contributed by atoms with Gasteiger partial charge in [-0.05, 0) is 12.3 Å². The van der Waals surface area contributed by atoms with Crippen LogP contribution in [-0.2, 0) is 9.53 Å². The maximum Gasteiger partial charge on any atom is 0.302 e. The van der Waals surface area contributed by atoms with E-state index in [1.54, 1.807) is 0 Å². The highest BCUT2D eigenvalue weighted by atomic mass is 16.5. The normalized spacial score (nSPS) is 46.7. The Morgan fingerprint density at radius 2 is 2.18 bits per heavy atom. The van der Waals surface area contributed by atoms with E-state index in [0.29, 0.717) is 18.3 Å². The van der Waals surface area contributed by atoms with Crippen LogP contribution in [0.25, 0.3) is 0 Å². The van der Waals surface area contributed by atoms with Gasteiger partial charge in [0.15, 0.2) is 0 Å². The molecule has 3 nitrogen and oxygen atoms in total. The summed E-state index contributed by atoms with van der Waals surface area (Å²) in [6.07, 6.45) is 1.48. The average Bonchev–Trinajstić information content (AvgIpc) is 2.57. The van der Waals surface area contributed by atoms with Crippen LogP contribution in [0.2, 0.25) is 0 Å². The number of fused-ring (bicyclic) bond motifs is 1. The minimum Gasteiger partial charge on any atom is -0.462 e. The zero-order valence-corrected chi connectivity index (χ0v) is 6.49. The topological polar surface area (TPSA) is 46.5 Å². The maximum atomic E-state index is 10.6. The Hall–Kier alpha value is -0.570. The van der Waals surface area contributed by atoms with Crippen LogP contribution in [0.1, 0.15) is 19.8 Å². The van der Waals surface area contributed by atoms with Crippen molar-refractivity contribution in [2.24, 2.45) is 11.8 Å². The number of carbonyl (C=O) groups excluding carboxylic acids is 1. The van der Waals surface area contributed by atoms with Crippen molar-refractivity contribution in [2.45, 2.75) is 32.0 Å². The molecule has 4 atom stereocenters. The average molecular weight is 156 g/mol. The molecule has 1 N–H and O–H groups in total. The van der Waals surface area contributed by atoms with E-state index >= 15 is 0 Å². The van der Waals surface area contributed by atoms with Gasteiger partial charge in [0.2, 0.25) is 0 Å². The third-order valence-electron chi connectivity index (χ3n) is 2.65. The molecule has 3 heteroatoms. The molecule has 2 aliphatic carbocycles. The van der Waals surface area contributed by atoms with Crippen LogP contribution in [0.15, 0.2) is 0 Å². The van der Waals surface area contributed by atoms with Crippen molar-refractivity contribution in [2.75, 3.05) is 0 Å². The number of ether oxygens (including phenoxy) is 1. The molecule has 0 aliphatic heterocycles. The van der Waals surface area contributed by atoms with E-state index in [1.807, 2.05) is 0 Å². The Morgan fingerprint density at radius 1 is 1.45 bits per heavy atom. The lowest BCUT2D eigenvalue weighted by molar-refractivity contribution is -0.147. The van der Waals surface area contributed by atoms with Crippen molar-refractivity contribution < 1.29 is 14.6 Å². The molecule has 0 radical (unpaired) electrons. The minimum absolute atomic E-state index is 0.00694. The van der Waals surface area contributed by atoms with E-state index in [2.05, 4.69) is 0 Å². The highest BCUT2D eigenvalue weighted by Gasteiger charge is 2.55. The van der Waals surface area contributed by atoms with Crippen molar-refractivity contribution in [1.82, 2.24) is 0 Å². The first-order valence-corrected chi connectivity index (χ1v) is 4.04. The first kappa shape index (κ1) is 7.10. The highest BCUT2D eigenvalue weighted by molar-refractivity contribution is 5.66. The maximum absolute atomic E-state index is 10.6. The number of hydrogen-bond donors (Lipinski definition) is 1. The van der Waals surface area contributed by atoms with E-state index in [-0.39, 0.29) is 18.2 Å². The predicted octanol–water partition coefficient (Wildman–Crippen LogP) is 0.319. The van der Waals surface area contributed by atoms with E-state index in [1.165, 1.54) is 6.92 Å². The molecule has 0 saturated heterocycles. The van der Waals surface area contributed by atoms with Gasteiger partial charge in [-0.15, -0.1) is 0 Å². The molecule has 0 bridgehead atoms. The fourth-order valence-electron chi connectivity index (χ4n) is 2.04. The van der Waals surface area contributed by atoms with Gasteiger partial charge in [-0.2, -0.15) is 0 Å². The molecular weight excluding hydrogens is 144 g/mol. The number of aliphatic hydroxyl groups is 1. The second-order valence-electron chi connectivity index (χ2n) is 3.51. The zero-order valence-electron chi connectivity index (χ0n) is 6.49. The number of rotatable bonds is 1. The quantitative estimate of drug-likeness (QED) is 0.556. The molecule has 0 unspecified atom stereocenters. The van der Waals surface area contributed by atoms with Gasteiger partial charge in [0.25, 0.3) is 0 Å². The summed E-state index contributed by atoms with van der Waals surface area (Å²) in [4.78, 5) is 10.6. The van der Waals surface area contributed by atoms with Gasteiger partial charge in [-0.1, -0.05) is 0 Å². The summed E-state index contributed by atoms with van der Waals surface area (Å²) in [7, 11) is 0. The summed E-state index contributed by atoms with van der Waals surface area (Å²) in [5, 5.41) is 9.33. The van der Waals surface area contributed by atoms with E-state index in [4.69, 9.17) is 4.74 Å². The smallest absolute Gasteiger partial charge is 0.302 e. The number of aliphatic hydroxyl groups excluding tert-OH is 1. The lowest BCUT2D eigenvalue weighted by atomic mass is 10.2. The second-order valence-corrected chi connectivity index (χ2v) is 3.51. The fourth-order valence-corrected chi connectivity index (χ4v) is 2.04. The summed E-state index contributed by atoms with van der Waals surface area (Å²) < 4.78 is 5.04. The molecule has 0 aromatic rings. The van der Waals surface area contributed by atoms with Crippen LogP contribution in [0.4, 0.5) is 0 Å². The van der Waals surface area contributed by atoms with E-state index in [9.17, 15) is 9.90 Å². The van der Waals surface area contributed by atoms with Crippen LogP contribution >= 0.6 is 0 Å². The molecule has 2 aliphatic rings. The van der Waals surface area contributed by atoms with Gasteiger partial charge < -0.3 is 9.84 Å². The van der Waals surface area contributed by atoms with Crippen LogP contribution in [0.3, 0.4) is 0 Å². The van der Waals surface area contributed by atoms with Crippen LogP contribution in [-0.4, -0.2) is 23.3 Å². The van der Waals surface area contributed by atoms with Crippen molar-refractivity contribution in [3.63, 3.8) is 0 Å². The van der Waals surface area contributed by atoms with Gasteiger partial charge in [0, 0.05) is 19.3 Å². The van der Waals surface area contributed by atoms with Crippen LogP contribution < -0.4 is 0 Å². The molecule has 11 heavy (non-hydrogen) atoms. The number of esters is 1. The Labute approximate surface area is 65.4 Å². The minimum atomic E-state index is -0.227. The predicted molar refractivity (Wildman–Crippen MR) is 37.8 cm³/mol. The molecular formula is C8H12O3. The van der Waals surface area contributed by atoms with Gasteiger partial charge in [0.05, 0.1) is 6.10 Å². The molecule has 62 valence electrons. The largest absolute Gasteiger partial charge is 0.462 e. The molecule has 2 fully saturated rings. The lowest BCUT2D eigenvalue weighted by Gasteiger charge is -2.12. The number of hydrogen-bond acceptors (Lipinski definition) is 3. The van der Waals surface area contributed by atoms with E-state index < -0.39 is 0 Å². The first-order valence-electron chi connectivity index (χ1n) is 4.04.